The van der Waals surface area contributed by atoms with Crippen LogP contribution in [-0.4, -0.2) is 33.5 Å². The van der Waals surface area contributed by atoms with Crippen LogP contribution >= 0.6 is 0 Å². The predicted octanol–water partition coefficient (Wildman–Crippen LogP) is 2.32. The van der Waals surface area contributed by atoms with Gasteiger partial charge in [-0.15, -0.1) is 5.10 Å². The maximum atomic E-state index is 12.2. The quantitative estimate of drug-likeness (QED) is 0.670. The van der Waals surface area contributed by atoms with Gasteiger partial charge in [-0.3, -0.25) is 5.10 Å². The lowest BCUT2D eigenvalue weighted by atomic mass is 9.82. The summed E-state index contributed by atoms with van der Waals surface area (Å²) in [6.45, 7) is 0. The number of rotatable bonds is 2. The molecule has 1 unspecified atom stereocenters. The number of halogens is 3. The minimum Gasteiger partial charge on any atom is -0.381 e. The lowest BCUT2D eigenvalue weighted by molar-refractivity contribution is -0.193. The monoisotopic (exact) mass is 339 g/mol. The lowest BCUT2D eigenvalue weighted by Crippen LogP contribution is -2.28. The number of hydrogen-bond acceptors (Lipinski definition) is 5. The van der Waals surface area contributed by atoms with Crippen molar-refractivity contribution >= 4 is 11.9 Å². The van der Waals surface area contributed by atoms with Gasteiger partial charge in [-0.1, -0.05) is 29.5 Å². The van der Waals surface area contributed by atoms with E-state index in [2.05, 4.69) is 20.1 Å². The van der Waals surface area contributed by atoms with E-state index in [1.165, 1.54) is 5.56 Å². The Morgan fingerprint density at radius 3 is 2.62 bits per heavy atom. The van der Waals surface area contributed by atoms with E-state index in [-0.39, 0.29) is 17.3 Å². The number of hydrogen-bond donors (Lipinski definition) is 1. The number of aromatic amines is 1. The number of aromatic nitrogens is 3. The minimum atomic E-state index is -5.24. The van der Waals surface area contributed by atoms with Crippen molar-refractivity contribution in [1.29, 1.82) is 0 Å². The Balaban J connectivity index is 1.79. The van der Waals surface area contributed by atoms with Crippen LogP contribution < -0.4 is 0 Å². The number of nitrogens with zero attached hydrogens (tertiary/aromatic N) is 2. The second kappa shape index (κ2) is 6.06. The van der Waals surface area contributed by atoms with E-state index in [1.54, 1.807) is 0 Å². The molecule has 0 radical (unpaired) electrons. The molecule has 0 saturated carbocycles. The fourth-order valence-electron chi connectivity index (χ4n) is 2.80. The summed E-state index contributed by atoms with van der Waals surface area (Å²) in [5.41, 5.74) is 2.16. The van der Waals surface area contributed by atoms with Crippen molar-refractivity contribution in [2.24, 2.45) is 0 Å². The number of H-pyrrole nitrogens is 1. The standard InChI is InChI=1S/C15H12F3N3O3/c16-15(17,18)14(23)24-13(22)12-11(19-21-20-12)10-6-5-8-3-1-2-4-9(8)7-10/h1-4,10H,5-7H2,(H,19,20,21). The number of aryl methyl sites for hydroxylation is 1. The maximum Gasteiger partial charge on any atom is 0.491 e. The zero-order chi connectivity index (χ0) is 17.3. The summed E-state index contributed by atoms with van der Waals surface area (Å²) >= 11 is 0. The number of nitrogens with one attached hydrogen (secondary N) is 1. The number of ether oxygens (including phenoxy) is 1. The summed E-state index contributed by atoms with van der Waals surface area (Å²) in [6, 6.07) is 7.78. The Kier molecular flexibility index (Phi) is 4.08. The Bertz CT molecular complexity index is 786. The number of carbonyl (C=O) groups excluding carboxylic acids is 2. The van der Waals surface area contributed by atoms with Crippen molar-refractivity contribution in [1.82, 2.24) is 15.4 Å². The lowest BCUT2D eigenvalue weighted by Gasteiger charge is -2.23. The SMILES string of the molecule is O=C(OC(=O)C(F)(F)F)c1[nH]nnc1C1CCc2ccccc2C1. The molecule has 1 N–H and O–H groups in total. The van der Waals surface area contributed by atoms with Crippen LogP contribution in [0.1, 0.15) is 39.6 Å². The molecule has 1 heterocycles. The van der Waals surface area contributed by atoms with Gasteiger partial charge >= 0.3 is 18.1 Å². The molecule has 2 aromatic rings. The van der Waals surface area contributed by atoms with E-state index in [0.29, 0.717) is 12.8 Å². The van der Waals surface area contributed by atoms with E-state index < -0.39 is 18.1 Å². The van der Waals surface area contributed by atoms with Gasteiger partial charge < -0.3 is 4.74 Å². The molecular weight excluding hydrogens is 327 g/mol. The van der Waals surface area contributed by atoms with E-state index in [9.17, 15) is 22.8 Å². The normalized spacial score (nSPS) is 17.2. The number of fused-ring (bicyclic) bond motifs is 1. The third-order valence-corrected chi connectivity index (χ3v) is 3.93. The van der Waals surface area contributed by atoms with E-state index in [0.717, 1.165) is 12.0 Å². The van der Waals surface area contributed by atoms with Crippen LogP contribution in [0, 0.1) is 0 Å². The minimum absolute atomic E-state index is 0.192. The highest BCUT2D eigenvalue weighted by Crippen LogP contribution is 2.33. The van der Waals surface area contributed by atoms with Crippen LogP contribution in [0.4, 0.5) is 13.2 Å². The first-order chi connectivity index (χ1) is 11.4. The van der Waals surface area contributed by atoms with E-state index in [4.69, 9.17) is 0 Å². The molecule has 0 saturated heterocycles. The highest BCUT2D eigenvalue weighted by Gasteiger charge is 2.43. The second-order valence-corrected chi connectivity index (χ2v) is 5.46. The molecule has 0 bridgehead atoms. The summed E-state index contributed by atoms with van der Waals surface area (Å²) < 4.78 is 40.5. The maximum absolute atomic E-state index is 12.2. The zero-order valence-electron chi connectivity index (χ0n) is 12.3. The van der Waals surface area contributed by atoms with E-state index in [1.807, 2.05) is 24.3 Å². The van der Waals surface area contributed by atoms with Crippen LogP contribution in [-0.2, 0) is 22.4 Å². The number of alkyl halides is 3. The van der Waals surface area contributed by atoms with Crippen molar-refractivity contribution in [3.8, 4) is 0 Å². The molecule has 0 aliphatic heterocycles. The first-order valence-corrected chi connectivity index (χ1v) is 7.17. The zero-order valence-corrected chi connectivity index (χ0v) is 12.3. The van der Waals surface area contributed by atoms with Gasteiger partial charge in [0.2, 0.25) is 0 Å². The molecule has 126 valence electrons. The van der Waals surface area contributed by atoms with Crippen LogP contribution in [0.15, 0.2) is 24.3 Å². The summed E-state index contributed by atoms with van der Waals surface area (Å²) in [7, 11) is 0. The van der Waals surface area contributed by atoms with Crippen LogP contribution in [0.2, 0.25) is 0 Å². The van der Waals surface area contributed by atoms with Gasteiger partial charge in [0.05, 0.1) is 0 Å². The predicted molar refractivity (Wildman–Crippen MR) is 74.1 cm³/mol. The van der Waals surface area contributed by atoms with Gasteiger partial charge in [0.1, 0.15) is 5.69 Å². The molecule has 24 heavy (non-hydrogen) atoms. The molecule has 0 fully saturated rings. The van der Waals surface area contributed by atoms with Gasteiger partial charge in [0.25, 0.3) is 0 Å². The van der Waals surface area contributed by atoms with Gasteiger partial charge in [-0.05, 0) is 30.4 Å². The molecule has 1 aliphatic rings. The molecule has 1 atom stereocenters. The van der Waals surface area contributed by atoms with E-state index >= 15 is 0 Å². The van der Waals surface area contributed by atoms with Crippen molar-refractivity contribution in [3.05, 3.63) is 46.8 Å². The molecule has 1 aromatic heterocycles. The second-order valence-electron chi connectivity index (χ2n) is 5.46. The molecule has 6 nitrogen and oxygen atoms in total. The number of esters is 2. The number of benzene rings is 1. The third kappa shape index (κ3) is 3.15. The summed E-state index contributed by atoms with van der Waals surface area (Å²) in [5.74, 6) is -4.19. The molecule has 3 rings (SSSR count). The smallest absolute Gasteiger partial charge is 0.381 e. The van der Waals surface area contributed by atoms with Crippen LogP contribution in [0.5, 0.6) is 0 Å². The molecule has 0 spiro atoms. The highest BCUT2D eigenvalue weighted by molar-refractivity contribution is 5.97. The molecule has 9 heteroatoms. The third-order valence-electron chi connectivity index (χ3n) is 3.93. The van der Waals surface area contributed by atoms with Crippen LogP contribution in [0.25, 0.3) is 0 Å². The van der Waals surface area contributed by atoms with Crippen molar-refractivity contribution in [3.63, 3.8) is 0 Å². The summed E-state index contributed by atoms with van der Waals surface area (Å²) in [6.07, 6.45) is -3.25. The van der Waals surface area contributed by atoms with Crippen molar-refractivity contribution < 1.29 is 27.5 Å². The average molecular weight is 339 g/mol. The van der Waals surface area contributed by atoms with Crippen molar-refractivity contribution in [2.75, 3.05) is 0 Å². The molecule has 1 aliphatic carbocycles. The molecule has 0 amide bonds. The average Bonchev–Trinajstić information content (AvgIpc) is 3.03. The Morgan fingerprint density at radius 2 is 1.92 bits per heavy atom. The Labute approximate surface area is 134 Å². The van der Waals surface area contributed by atoms with Gasteiger partial charge in [0, 0.05) is 5.92 Å². The molecular formula is C15H12F3N3O3. The topological polar surface area (TPSA) is 84.9 Å². The Hall–Kier alpha value is -2.71. The fraction of sp³-hybridized carbons (Fsp3) is 0.333. The van der Waals surface area contributed by atoms with Gasteiger partial charge in [0.15, 0.2) is 5.69 Å². The van der Waals surface area contributed by atoms with Crippen molar-refractivity contribution in [2.45, 2.75) is 31.4 Å². The highest BCUT2D eigenvalue weighted by atomic mass is 19.4. The first-order valence-electron chi connectivity index (χ1n) is 7.17. The summed E-state index contributed by atoms with van der Waals surface area (Å²) in [4.78, 5) is 22.6. The number of carbonyl (C=O) groups is 2. The van der Waals surface area contributed by atoms with Crippen LogP contribution in [0.3, 0.4) is 0 Å². The molecule has 1 aromatic carbocycles. The van der Waals surface area contributed by atoms with Gasteiger partial charge in [-0.2, -0.15) is 13.2 Å². The largest absolute Gasteiger partial charge is 0.491 e. The first kappa shape index (κ1) is 16.2. The summed E-state index contributed by atoms with van der Waals surface area (Å²) in [5, 5.41) is 9.51. The fourth-order valence-corrected chi connectivity index (χ4v) is 2.80. The Morgan fingerprint density at radius 1 is 1.21 bits per heavy atom. The van der Waals surface area contributed by atoms with Gasteiger partial charge in [-0.25, -0.2) is 9.59 Å².